The molecule has 12 heteroatoms. The summed E-state index contributed by atoms with van der Waals surface area (Å²) in [6, 6.07) is 1.31. The Balaban J connectivity index is 1.23. The van der Waals surface area contributed by atoms with Crippen molar-refractivity contribution in [2.24, 2.45) is 5.92 Å². The Hall–Kier alpha value is -2.73. The molecule has 0 unspecified atom stereocenters. The molecule has 0 aromatic carbocycles. The molecule has 1 atom stereocenters. The first-order valence-electron chi connectivity index (χ1n) is 11.0. The normalized spacial score (nSPS) is 23.5. The molecule has 3 saturated heterocycles. The van der Waals surface area contributed by atoms with Gasteiger partial charge in [-0.3, -0.25) is 19.3 Å². The second-order valence-corrected chi connectivity index (χ2v) is 9.54. The van der Waals surface area contributed by atoms with Crippen molar-refractivity contribution in [2.75, 3.05) is 36.0 Å². The number of anilines is 2. The molecular weight excluding hydrogens is 454 g/mol. The van der Waals surface area contributed by atoms with Crippen LogP contribution in [-0.2, 0) is 14.4 Å². The predicted octanol–water partition coefficient (Wildman–Crippen LogP) is 2.74. The molecule has 0 saturated carbocycles. The van der Waals surface area contributed by atoms with Crippen LogP contribution in [0.2, 0.25) is 0 Å². The summed E-state index contributed by atoms with van der Waals surface area (Å²) in [4.78, 5) is 46.8. The zero-order chi connectivity index (χ0) is 23.2. The molecule has 0 aliphatic carbocycles. The van der Waals surface area contributed by atoms with E-state index in [2.05, 4.69) is 15.0 Å². The van der Waals surface area contributed by atoms with Crippen molar-refractivity contribution in [3.05, 3.63) is 28.3 Å². The largest absolute Gasteiger partial charge is 0.341 e. The average molecular weight is 479 g/mol. The van der Waals surface area contributed by atoms with Crippen LogP contribution in [0.4, 0.5) is 20.5 Å². The molecule has 2 amide bonds. The molecule has 2 aromatic heterocycles. The molecular formula is C21H24F2N6O3S. The highest BCUT2D eigenvalue weighted by Crippen LogP contribution is 2.35. The van der Waals surface area contributed by atoms with Gasteiger partial charge in [0, 0.05) is 50.0 Å². The topological polar surface area (TPSA) is 91.8 Å². The number of thiazole rings is 1. The first kappa shape index (κ1) is 22.1. The van der Waals surface area contributed by atoms with E-state index in [0.29, 0.717) is 38.5 Å². The number of amides is 2. The summed E-state index contributed by atoms with van der Waals surface area (Å²) < 4.78 is 27.2. The molecule has 0 N–H and O–H groups in total. The highest BCUT2D eigenvalue weighted by Gasteiger charge is 2.49. The van der Waals surface area contributed by atoms with Gasteiger partial charge < -0.3 is 4.90 Å². The Labute approximate surface area is 193 Å². The van der Waals surface area contributed by atoms with Crippen molar-refractivity contribution in [3.8, 4) is 0 Å². The molecule has 33 heavy (non-hydrogen) atoms. The van der Waals surface area contributed by atoms with Crippen LogP contribution in [0.15, 0.2) is 17.6 Å². The van der Waals surface area contributed by atoms with Gasteiger partial charge in [0.25, 0.3) is 5.91 Å². The van der Waals surface area contributed by atoms with Gasteiger partial charge in [-0.15, -0.1) is 11.3 Å². The lowest BCUT2D eigenvalue weighted by Crippen LogP contribution is -2.42. The second kappa shape index (κ2) is 8.56. The molecule has 3 aliphatic rings. The maximum Gasteiger partial charge on any atom is 0.326 e. The quantitative estimate of drug-likeness (QED) is 0.667. The second-order valence-electron chi connectivity index (χ2n) is 8.48. The van der Waals surface area contributed by atoms with E-state index < -0.39 is 18.3 Å². The van der Waals surface area contributed by atoms with Gasteiger partial charge in [0.15, 0.2) is 0 Å². The van der Waals surface area contributed by atoms with Crippen LogP contribution in [0.1, 0.15) is 42.4 Å². The van der Waals surface area contributed by atoms with Gasteiger partial charge in [-0.05, 0) is 25.8 Å². The van der Waals surface area contributed by atoms with Crippen LogP contribution < -0.4 is 9.80 Å². The number of piperidine rings is 1. The number of carbonyl (C=O) groups excluding carboxylic acids is 2. The first-order chi connectivity index (χ1) is 15.8. The zero-order valence-corrected chi connectivity index (χ0v) is 18.9. The van der Waals surface area contributed by atoms with E-state index in [9.17, 15) is 18.4 Å². The zero-order valence-electron chi connectivity index (χ0n) is 18.1. The third kappa shape index (κ3) is 4.17. The summed E-state index contributed by atoms with van der Waals surface area (Å²) in [6.07, 6.45) is 2.87. The highest BCUT2D eigenvalue weighted by molar-refractivity contribution is 7.09. The lowest BCUT2D eigenvalue weighted by atomic mass is 9.95. The number of hydrogen-bond acceptors (Lipinski definition) is 8. The van der Waals surface area contributed by atoms with E-state index in [1.807, 2.05) is 17.2 Å². The molecule has 0 radical (unpaired) electrons. The number of rotatable bonds is 4. The van der Waals surface area contributed by atoms with E-state index in [1.165, 1.54) is 17.3 Å². The summed E-state index contributed by atoms with van der Waals surface area (Å²) in [7, 11) is 0. The molecule has 9 nitrogen and oxygen atoms in total. The minimum Gasteiger partial charge on any atom is -0.341 e. The molecule has 0 bridgehead atoms. The van der Waals surface area contributed by atoms with E-state index in [0.717, 1.165) is 22.0 Å². The number of aromatic nitrogens is 3. The van der Waals surface area contributed by atoms with Crippen molar-refractivity contribution < 1.29 is 23.2 Å². The van der Waals surface area contributed by atoms with Crippen molar-refractivity contribution in [3.63, 3.8) is 0 Å². The summed E-state index contributed by atoms with van der Waals surface area (Å²) in [6.45, 7) is 3.43. The fourth-order valence-corrected chi connectivity index (χ4v) is 5.17. The fraction of sp³-hybridized carbons (Fsp3) is 0.571. The van der Waals surface area contributed by atoms with Gasteiger partial charge >= 0.3 is 5.92 Å². The average Bonchev–Trinajstić information content (AvgIpc) is 3.53. The fourth-order valence-electron chi connectivity index (χ4n) is 4.51. The van der Waals surface area contributed by atoms with E-state index in [-0.39, 0.29) is 30.2 Å². The summed E-state index contributed by atoms with van der Waals surface area (Å²) >= 11 is 1.56. The third-order valence-electron chi connectivity index (χ3n) is 6.34. The Kier molecular flexibility index (Phi) is 5.73. The predicted molar refractivity (Wildman–Crippen MR) is 116 cm³/mol. The number of halogens is 2. The molecule has 3 fully saturated rings. The highest BCUT2D eigenvalue weighted by atomic mass is 32.1. The Bertz CT molecular complexity index is 1060. The molecule has 5 heterocycles. The smallest absolute Gasteiger partial charge is 0.326 e. The number of carbonyl (C=O) groups is 2. The Morgan fingerprint density at radius 3 is 2.67 bits per heavy atom. The van der Waals surface area contributed by atoms with E-state index in [1.54, 1.807) is 11.3 Å². The number of hydroxylamine groups is 2. The van der Waals surface area contributed by atoms with Gasteiger partial charge in [0.1, 0.15) is 11.9 Å². The Morgan fingerprint density at radius 1 is 1.21 bits per heavy atom. The number of aryl methyl sites for hydroxylation is 1. The summed E-state index contributed by atoms with van der Waals surface area (Å²) in [5, 5.41) is 4.42. The lowest BCUT2D eigenvalue weighted by Gasteiger charge is -2.34. The molecule has 5 rings (SSSR count). The van der Waals surface area contributed by atoms with Gasteiger partial charge in [-0.2, -0.15) is 13.8 Å². The standard InChI is InChI=1S/C21H24F2N6O3S/c1-13-25-15(12-33-13)16-5-11-32-29(16)18(30)14-3-8-27(9-4-14)20-24-7-2-17(26-20)28-10-6-21(22,23)19(28)31/h2,7,12,14,16H,3-6,8-11H2,1H3/t16-/m0/s1. The van der Waals surface area contributed by atoms with Crippen LogP contribution in [0.5, 0.6) is 0 Å². The number of hydrogen-bond donors (Lipinski definition) is 0. The minimum atomic E-state index is -3.35. The van der Waals surface area contributed by atoms with Crippen LogP contribution in [-0.4, -0.2) is 64.0 Å². The van der Waals surface area contributed by atoms with Crippen LogP contribution in [0.3, 0.4) is 0 Å². The number of alkyl halides is 2. The number of nitrogens with zero attached hydrogens (tertiary/aromatic N) is 6. The van der Waals surface area contributed by atoms with Crippen LogP contribution in [0.25, 0.3) is 0 Å². The third-order valence-corrected chi connectivity index (χ3v) is 7.13. The van der Waals surface area contributed by atoms with Gasteiger partial charge in [0.05, 0.1) is 17.3 Å². The SMILES string of the molecule is Cc1nc([C@@H]2CCON2C(=O)C2CCN(c3nccc(N4CCC(F)(F)C4=O)n3)CC2)cs1. The molecule has 0 spiro atoms. The van der Waals surface area contributed by atoms with Crippen molar-refractivity contribution in [1.82, 2.24) is 20.0 Å². The Morgan fingerprint density at radius 2 is 2.00 bits per heavy atom. The molecule has 176 valence electrons. The van der Waals surface area contributed by atoms with Gasteiger partial charge in [-0.25, -0.2) is 15.0 Å². The van der Waals surface area contributed by atoms with Crippen molar-refractivity contribution in [1.29, 1.82) is 0 Å². The van der Waals surface area contributed by atoms with Crippen LogP contribution >= 0.6 is 11.3 Å². The van der Waals surface area contributed by atoms with Gasteiger partial charge in [0.2, 0.25) is 11.9 Å². The maximum absolute atomic E-state index is 13.6. The summed E-state index contributed by atoms with van der Waals surface area (Å²) in [5.74, 6) is -4.27. The summed E-state index contributed by atoms with van der Waals surface area (Å²) in [5.41, 5.74) is 0.869. The van der Waals surface area contributed by atoms with Crippen molar-refractivity contribution in [2.45, 2.75) is 44.6 Å². The first-order valence-corrected chi connectivity index (χ1v) is 11.9. The van der Waals surface area contributed by atoms with E-state index >= 15 is 0 Å². The van der Waals surface area contributed by atoms with Crippen LogP contribution in [0, 0.1) is 12.8 Å². The molecule has 3 aliphatic heterocycles. The molecule has 2 aromatic rings. The van der Waals surface area contributed by atoms with Crippen molar-refractivity contribution >= 4 is 34.9 Å². The monoisotopic (exact) mass is 478 g/mol. The lowest BCUT2D eigenvalue weighted by molar-refractivity contribution is -0.182. The minimum absolute atomic E-state index is 0.0395. The van der Waals surface area contributed by atoms with Gasteiger partial charge in [-0.1, -0.05) is 0 Å². The van der Waals surface area contributed by atoms with E-state index in [4.69, 9.17) is 4.84 Å². The maximum atomic E-state index is 13.6.